The number of aliphatic hydroxyl groups is 2. The van der Waals surface area contributed by atoms with Crippen molar-refractivity contribution >= 4 is 0 Å². The van der Waals surface area contributed by atoms with E-state index in [-0.39, 0.29) is 5.41 Å². The third-order valence-electron chi connectivity index (χ3n) is 2.13. The Morgan fingerprint density at radius 3 is 1.64 bits per heavy atom. The highest BCUT2D eigenvalue weighted by Gasteiger charge is 2.36. The maximum Gasteiger partial charge on any atom is 0.0880 e. The molecule has 2 heteroatoms. The molecule has 0 aromatic heterocycles. The van der Waals surface area contributed by atoms with Gasteiger partial charge in [0, 0.05) is 0 Å². The summed E-state index contributed by atoms with van der Waals surface area (Å²) in [6, 6.07) is 0. The molecule has 0 aliphatic carbocycles. The van der Waals surface area contributed by atoms with E-state index in [4.69, 9.17) is 0 Å². The van der Waals surface area contributed by atoms with Crippen molar-refractivity contribution in [2.45, 2.75) is 52.7 Å². The lowest BCUT2D eigenvalue weighted by Gasteiger charge is -2.37. The van der Waals surface area contributed by atoms with Gasteiger partial charge in [-0.2, -0.15) is 0 Å². The largest absolute Gasteiger partial charge is 0.390 e. The van der Waals surface area contributed by atoms with Crippen molar-refractivity contribution in [3.05, 3.63) is 0 Å². The summed E-state index contributed by atoms with van der Waals surface area (Å²) in [5, 5.41) is 19.3. The van der Waals surface area contributed by atoms with Gasteiger partial charge in [-0.25, -0.2) is 0 Å². The number of rotatable bonds is 2. The van der Waals surface area contributed by atoms with Crippen LogP contribution in [-0.4, -0.2) is 21.9 Å². The minimum Gasteiger partial charge on any atom is -0.390 e. The highest BCUT2D eigenvalue weighted by molar-refractivity contribution is 4.88. The maximum absolute atomic E-state index is 9.68. The van der Waals surface area contributed by atoms with Crippen LogP contribution in [0.2, 0.25) is 0 Å². The van der Waals surface area contributed by atoms with Crippen LogP contribution < -0.4 is 0 Å². The van der Waals surface area contributed by atoms with Gasteiger partial charge in [0.15, 0.2) is 0 Å². The van der Waals surface area contributed by atoms with Gasteiger partial charge in [0.25, 0.3) is 0 Å². The molecule has 0 heterocycles. The Hall–Kier alpha value is -0.0800. The van der Waals surface area contributed by atoms with E-state index in [9.17, 15) is 10.2 Å². The first-order chi connectivity index (χ1) is 4.72. The van der Waals surface area contributed by atoms with Crippen LogP contribution in [0.25, 0.3) is 0 Å². The van der Waals surface area contributed by atoms with Crippen LogP contribution in [0.1, 0.15) is 41.0 Å². The number of hydrogen-bond donors (Lipinski definition) is 2. The lowest BCUT2D eigenvalue weighted by molar-refractivity contribution is -0.111. The number of aliphatic hydroxyl groups excluding tert-OH is 1. The zero-order valence-electron chi connectivity index (χ0n) is 8.18. The van der Waals surface area contributed by atoms with Crippen molar-refractivity contribution in [1.82, 2.24) is 0 Å². The van der Waals surface area contributed by atoms with Crippen molar-refractivity contribution in [3.63, 3.8) is 0 Å². The monoisotopic (exact) mass is 160 g/mol. The van der Waals surface area contributed by atoms with Gasteiger partial charge in [-0.05, 0) is 18.8 Å². The molecule has 2 atom stereocenters. The predicted octanol–water partition coefficient (Wildman–Crippen LogP) is 1.55. The quantitative estimate of drug-likeness (QED) is 0.643. The van der Waals surface area contributed by atoms with Crippen LogP contribution in [0.5, 0.6) is 0 Å². The Morgan fingerprint density at radius 1 is 1.18 bits per heavy atom. The van der Waals surface area contributed by atoms with Gasteiger partial charge in [0.1, 0.15) is 0 Å². The molecule has 0 aromatic carbocycles. The third kappa shape index (κ3) is 2.80. The summed E-state index contributed by atoms with van der Waals surface area (Å²) in [5.41, 5.74) is -1.21. The van der Waals surface area contributed by atoms with Gasteiger partial charge < -0.3 is 10.2 Å². The SMILES string of the molecule is CCC(C)(O)C(O)C(C)(C)C. The highest BCUT2D eigenvalue weighted by atomic mass is 16.3. The lowest BCUT2D eigenvalue weighted by Crippen LogP contribution is -2.46. The minimum absolute atomic E-state index is 0.250. The summed E-state index contributed by atoms with van der Waals surface area (Å²) < 4.78 is 0. The topological polar surface area (TPSA) is 40.5 Å². The van der Waals surface area contributed by atoms with Crippen molar-refractivity contribution in [3.8, 4) is 0 Å². The van der Waals surface area contributed by atoms with Gasteiger partial charge in [-0.3, -0.25) is 0 Å². The van der Waals surface area contributed by atoms with Gasteiger partial charge in [-0.1, -0.05) is 27.7 Å². The standard InChI is InChI=1S/C9H20O2/c1-6-9(5,11)7(10)8(2,3)4/h7,10-11H,6H2,1-5H3. The van der Waals surface area contributed by atoms with Crippen LogP contribution in [0.15, 0.2) is 0 Å². The Kier molecular flexibility index (Phi) is 3.09. The fourth-order valence-electron chi connectivity index (χ4n) is 1.13. The van der Waals surface area contributed by atoms with Gasteiger partial charge >= 0.3 is 0 Å². The lowest BCUT2D eigenvalue weighted by atomic mass is 9.78. The Labute approximate surface area is 69.2 Å². The van der Waals surface area contributed by atoms with Crippen LogP contribution in [0.4, 0.5) is 0 Å². The summed E-state index contributed by atoms with van der Waals surface area (Å²) in [6.07, 6.45) is -0.0918. The van der Waals surface area contributed by atoms with Gasteiger partial charge in [0.05, 0.1) is 11.7 Å². The Balaban J connectivity index is 4.35. The molecule has 0 aliphatic heterocycles. The first-order valence-electron chi connectivity index (χ1n) is 4.12. The second-order valence-corrected chi connectivity index (χ2v) is 4.48. The minimum atomic E-state index is -0.960. The van der Waals surface area contributed by atoms with E-state index in [2.05, 4.69) is 0 Å². The van der Waals surface area contributed by atoms with Gasteiger partial charge in [0.2, 0.25) is 0 Å². The third-order valence-corrected chi connectivity index (χ3v) is 2.13. The van der Waals surface area contributed by atoms with Crippen molar-refractivity contribution in [1.29, 1.82) is 0 Å². The van der Waals surface area contributed by atoms with E-state index >= 15 is 0 Å². The van der Waals surface area contributed by atoms with Crippen LogP contribution in [-0.2, 0) is 0 Å². The first-order valence-corrected chi connectivity index (χ1v) is 4.12. The molecule has 2 unspecified atom stereocenters. The van der Waals surface area contributed by atoms with E-state index in [1.54, 1.807) is 6.92 Å². The molecule has 2 N–H and O–H groups in total. The Morgan fingerprint density at radius 2 is 1.55 bits per heavy atom. The molecule has 0 radical (unpaired) electrons. The molecule has 0 spiro atoms. The summed E-state index contributed by atoms with van der Waals surface area (Å²) in [6.45, 7) is 9.29. The van der Waals surface area contributed by atoms with E-state index in [0.717, 1.165) is 0 Å². The second kappa shape index (κ2) is 3.11. The molecule has 68 valence electrons. The maximum atomic E-state index is 9.68. The fourth-order valence-corrected chi connectivity index (χ4v) is 1.13. The second-order valence-electron chi connectivity index (χ2n) is 4.48. The fraction of sp³-hybridized carbons (Fsp3) is 1.00. The summed E-state index contributed by atoms with van der Waals surface area (Å²) in [5.74, 6) is 0. The molecular formula is C9H20O2. The smallest absolute Gasteiger partial charge is 0.0880 e. The molecule has 0 fully saturated rings. The van der Waals surface area contributed by atoms with Gasteiger partial charge in [-0.15, -0.1) is 0 Å². The van der Waals surface area contributed by atoms with E-state index in [1.165, 1.54) is 0 Å². The Bertz CT molecular complexity index is 122. The molecule has 0 saturated carbocycles. The van der Waals surface area contributed by atoms with E-state index < -0.39 is 11.7 Å². The first kappa shape index (κ1) is 10.9. The molecule has 0 saturated heterocycles. The molecule has 0 amide bonds. The molecule has 11 heavy (non-hydrogen) atoms. The zero-order valence-corrected chi connectivity index (χ0v) is 8.18. The van der Waals surface area contributed by atoms with Crippen LogP contribution in [0, 0.1) is 5.41 Å². The van der Waals surface area contributed by atoms with Crippen LogP contribution in [0.3, 0.4) is 0 Å². The van der Waals surface area contributed by atoms with Crippen molar-refractivity contribution in [2.24, 2.45) is 5.41 Å². The summed E-state index contributed by atoms with van der Waals surface area (Å²) >= 11 is 0. The normalized spacial score (nSPS) is 21.0. The van der Waals surface area contributed by atoms with E-state index in [0.29, 0.717) is 6.42 Å². The summed E-state index contributed by atoms with van der Waals surface area (Å²) in [4.78, 5) is 0. The molecule has 0 aromatic rings. The molecular weight excluding hydrogens is 140 g/mol. The van der Waals surface area contributed by atoms with E-state index in [1.807, 2.05) is 27.7 Å². The molecule has 0 rings (SSSR count). The summed E-state index contributed by atoms with van der Waals surface area (Å²) in [7, 11) is 0. The van der Waals surface area contributed by atoms with Crippen molar-refractivity contribution in [2.75, 3.05) is 0 Å². The average Bonchev–Trinajstić information content (AvgIpc) is 1.84. The predicted molar refractivity (Wildman–Crippen MR) is 46.4 cm³/mol. The molecule has 0 bridgehead atoms. The van der Waals surface area contributed by atoms with Crippen LogP contribution >= 0.6 is 0 Å². The zero-order chi connectivity index (χ0) is 9.28. The highest BCUT2D eigenvalue weighted by Crippen LogP contribution is 2.29. The number of hydrogen-bond acceptors (Lipinski definition) is 2. The molecule has 0 aliphatic rings. The molecule has 2 nitrogen and oxygen atoms in total. The average molecular weight is 160 g/mol. The van der Waals surface area contributed by atoms with Crippen molar-refractivity contribution < 1.29 is 10.2 Å².